The van der Waals surface area contributed by atoms with Gasteiger partial charge in [0.2, 0.25) is 5.95 Å². The second-order valence-electron chi connectivity index (χ2n) is 7.04. The first-order chi connectivity index (χ1) is 15.1. The van der Waals surface area contributed by atoms with Crippen LogP contribution in [-0.2, 0) is 13.0 Å². The highest BCUT2D eigenvalue weighted by molar-refractivity contribution is 6.32. The minimum Gasteiger partial charge on any atom is -0.487 e. The number of para-hydroxylation sites is 1. The van der Waals surface area contributed by atoms with Crippen LogP contribution in [0.4, 0.5) is 11.6 Å². The lowest BCUT2D eigenvalue weighted by Crippen LogP contribution is -2.20. The van der Waals surface area contributed by atoms with Crippen molar-refractivity contribution in [2.45, 2.75) is 32.9 Å². The van der Waals surface area contributed by atoms with Crippen molar-refractivity contribution in [3.8, 4) is 16.9 Å². The van der Waals surface area contributed by atoms with Gasteiger partial charge in [-0.3, -0.25) is 0 Å². The van der Waals surface area contributed by atoms with Crippen molar-refractivity contribution in [3.05, 3.63) is 71.8 Å². The van der Waals surface area contributed by atoms with E-state index in [-0.39, 0.29) is 6.10 Å². The van der Waals surface area contributed by atoms with E-state index in [1.807, 2.05) is 37.3 Å². The molecule has 0 amide bonds. The fourth-order valence-corrected chi connectivity index (χ4v) is 3.33. The summed E-state index contributed by atoms with van der Waals surface area (Å²) in [6.07, 6.45) is 5.87. The quantitative estimate of drug-likeness (QED) is 0.434. The van der Waals surface area contributed by atoms with Gasteiger partial charge in [-0.1, -0.05) is 42.8 Å². The van der Waals surface area contributed by atoms with Crippen molar-refractivity contribution < 1.29 is 4.74 Å². The van der Waals surface area contributed by atoms with E-state index in [9.17, 15) is 0 Å². The molecule has 4 rings (SSSR count). The number of ether oxygens (including phenoxy) is 1. The summed E-state index contributed by atoms with van der Waals surface area (Å²) in [5.74, 6) is 1.13. The molecule has 0 aliphatic heterocycles. The molecular weight excluding hydrogens is 414 g/mol. The second-order valence-corrected chi connectivity index (χ2v) is 7.44. The van der Waals surface area contributed by atoms with Crippen molar-refractivity contribution in [3.63, 3.8) is 0 Å². The second kappa shape index (κ2) is 9.53. The summed E-state index contributed by atoms with van der Waals surface area (Å²) in [5.41, 5.74) is 4.00. The Balaban J connectivity index is 1.48. The molecule has 0 radical (unpaired) electrons. The zero-order chi connectivity index (χ0) is 21.6. The summed E-state index contributed by atoms with van der Waals surface area (Å²) in [4.78, 5) is 8.93. The minimum atomic E-state index is -0.169. The van der Waals surface area contributed by atoms with E-state index in [0.29, 0.717) is 23.3 Å². The maximum Gasteiger partial charge on any atom is 0.227 e. The van der Waals surface area contributed by atoms with Gasteiger partial charge < -0.3 is 10.1 Å². The van der Waals surface area contributed by atoms with Crippen LogP contribution in [0.2, 0.25) is 5.02 Å². The van der Waals surface area contributed by atoms with Gasteiger partial charge in [0.05, 0.1) is 11.6 Å². The van der Waals surface area contributed by atoms with Crippen LogP contribution in [0.15, 0.2) is 61.2 Å². The molecule has 0 fully saturated rings. The van der Waals surface area contributed by atoms with E-state index >= 15 is 0 Å². The van der Waals surface area contributed by atoms with Crippen LogP contribution in [0.25, 0.3) is 11.1 Å². The normalized spacial score (nSPS) is 11.8. The SMILES string of the molecule is CCc1ccccc1Nc1ncc(-c2ccc(Cl)c(O[C@@H](C)Cn3cnnn3)c2)cn1. The Bertz CT molecular complexity index is 1130. The fourth-order valence-electron chi connectivity index (χ4n) is 3.17. The minimum absolute atomic E-state index is 0.169. The number of nitrogens with zero attached hydrogens (tertiary/aromatic N) is 6. The van der Waals surface area contributed by atoms with Crippen molar-refractivity contribution >= 4 is 23.2 Å². The number of hydrogen-bond acceptors (Lipinski definition) is 7. The Morgan fingerprint density at radius 1 is 1.10 bits per heavy atom. The van der Waals surface area contributed by atoms with Crippen LogP contribution in [0.5, 0.6) is 5.75 Å². The third-order valence-electron chi connectivity index (χ3n) is 4.72. The predicted molar refractivity (Wildman–Crippen MR) is 119 cm³/mol. The molecule has 0 unspecified atom stereocenters. The molecule has 0 aliphatic rings. The molecule has 0 aliphatic carbocycles. The van der Waals surface area contributed by atoms with Crippen molar-refractivity contribution in [1.82, 2.24) is 30.2 Å². The fraction of sp³-hybridized carbons (Fsp3) is 0.227. The first-order valence-electron chi connectivity index (χ1n) is 9.96. The lowest BCUT2D eigenvalue weighted by Gasteiger charge is -2.16. The maximum atomic E-state index is 6.34. The van der Waals surface area contributed by atoms with E-state index in [2.05, 4.69) is 43.8 Å². The highest BCUT2D eigenvalue weighted by atomic mass is 35.5. The Morgan fingerprint density at radius 2 is 1.90 bits per heavy atom. The van der Waals surface area contributed by atoms with E-state index in [0.717, 1.165) is 23.2 Å². The molecule has 0 saturated carbocycles. The first kappa shape index (κ1) is 20.7. The highest BCUT2D eigenvalue weighted by Crippen LogP contribution is 2.31. The van der Waals surface area contributed by atoms with Crippen molar-refractivity contribution in [1.29, 1.82) is 0 Å². The Hall–Kier alpha value is -3.52. The summed E-state index contributed by atoms with van der Waals surface area (Å²) >= 11 is 6.34. The molecule has 158 valence electrons. The number of aromatic nitrogens is 6. The molecule has 0 saturated heterocycles. The smallest absolute Gasteiger partial charge is 0.227 e. The Morgan fingerprint density at radius 3 is 2.65 bits per heavy atom. The van der Waals surface area contributed by atoms with Gasteiger partial charge in [0, 0.05) is 23.6 Å². The van der Waals surface area contributed by atoms with Crippen molar-refractivity contribution in [2.24, 2.45) is 0 Å². The molecule has 0 bridgehead atoms. The molecule has 2 aromatic carbocycles. The van der Waals surface area contributed by atoms with Gasteiger partial charge in [-0.2, -0.15) is 0 Å². The van der Waals surface area contributed by atoms with Crippen LogP contribution in [0.1, 0.15) is 19.4 Å². The van der Waals surface area contributed by atoms with Crippen LogP contribution in [-0.4, -0.2) is 36.3 Å². The molecule has 4 aromatic rings. The number of nitrogens with one attached hydrogen (secondary N) is 1. The van der Waals surface area contributed by atoms with E-state index in [4.69, 9.17) is 16.3 Å². The molecule has 8 nitrogen and oxygen atoms in total. The lowest BCUT2D eigenvalue weighted by atomic mass is 10.1. The number of hydrogen-bond donors (Lipinski definition) is 1. The van der Waals surface area contributed by atoms with Gasteiger partial charge in [-0.15, -0.1) is 5.10 Å². The number of tetrazole rings is 1. The van der Waals surface area contributed by atoms with Crippen LogP contribution < -0.4 is 10.1 Å². The van der Waals surface area contributed by atoms with Gasteiger partial charge in [-0.05, 0) is 53.1 Å². The summed E-state index contributed by atoms with van der Waals surface area (Å²) in [7, 11) is 0. The number of rotatable bonds is 8. The lowest BCUT2D eigenvalue weighted by molar-refractivity contribution is 0.193. The molecule has 1 N–H and O–H groups in total. The zero-order valence-corrected chi connectivity index (χ0v) is 18.0. The maximum absolute atomic E-state index is 6.34. The summed E-state index contributed by atoms with van der Waals surface area (Å²) in [5, 5.41) is 14.9. The molecule has 2 heterocycles. The van der Waals surface area contributed by atoms with E-state index in [1.165, 1.54) is 5.56 Å². The molecule has 31 heavy (non-hydrogen) atoms. The predicted octanol–water partition coefficient (Wildman–Crippen LogP) is 4.56. The van der Waals surface area contributed by atoms with E-state index in [1.54, 1.807) is 29.5 Å². The van der Waals surface area contributed by atoms with Crippen LogP contribution in [0.3, 0.4) is 0 Å². The molecule has 1 atom stereocenters. The molecule has 9 heteroatoms. The zero-order valence-electron chi connectivity index (χ0n) is 17.2. The van der Waals surface area contributed by atoms with Crippen LogP contribution >= 0.6 is 11.6 Å². The van der Waals surface area contributed by atoms with Gasteiger partial charge in [0.1, 0.15) is 18.2 Å². The summed E-state index contributed by atoms with van der Waals surface area (Å²) in [6.45, 7) is 4.56. The van der Waals surface area contributed by atoms with E-state index < -0.39 is 0 Å². The van der Waals surface area contributed by atoms with Crippen molar-refractivity contribution in [2.75, 3.05) is 5.32 Å². The Kier molecular flexibility index (Phi) is 6.37. The molecule has 2 aromatic heterocycles. The van der Waals surface area contributed by atoms with Gasteiger partial charge in [0.15, 0.2) is 0 Å². The topological polar surface area (TPSA) is 90.6 Å². The third-order valence-corrected chi connectivity index (χ3v) is 5.04. The number of anilines is 2. The summed E-state index contributed by atoms with van der Waals surface area (Å²) < 4.78 is 7.62. The number of aryl methyl sites for hydroxylation is 1. The standard InChI is InChI=1S/C22H22ClN7O/c1-3-16-6-4-5-7-20(16)27-22-24-11-18(12-25-22)17-8-9-19(23)21(10-17)31-15(2)13-30-14-26-28-29-30/h4-12,14-15H,3,13H2,1-2H3,(H,24,25,27)/t15-/m0/s1. The average molecular weight is 436 g/mol. The number of benzene rings is 2. The van der Waals surface area contributed by atoms with Gasteiger partial charge in [0.25, 0.3) is 0 Å². The molecule has 0 spiro atoms. The van der Waals surface area contributed by atoms with Gasteiger partial charge in [-0.25, -0.2) is 14.6 Å². The number of halogens is 1. The van der Waals surface area contributed by atoms with Crippen LogP contribution in [0, 0.1) is 0 Å². The largest absolute Gasteiger partial charge is 0.487 e. The highest BCUT2D eigenvalue weighted by Gasteiger charge is 2.12. The monoisotopic (exact) mass is 435 g/mol. The van der Waals surface area contributed by atoms with Gasteiger partial charge >= 0.3 is 0 Å². The summed E-state index contributed by atoms with van der Waals surface area (Å²) in [6, 6.07) is 13.7. The molecular formula is C22H22ClN7O. The first-order valence-corrected chi connectivity index (χ1v) is 10.3. The Labute approximate surface area is 185 Å². The third kappa shape index (κ3) is 5.16. The average Bonchev–Trinajstić information content (AvgIpc) is 3.29.